The van der Waals surface area contributed by atoms with Crippen molar-refractivity contribution in [2.45, 2.75) is 84.6 Å². The zero-order chi connectivity index (χ0) is 49.4. The average molecular weight is 964 g/mol. The molecule has 2 saturated heterocycles. The van der Waals surface area contributed by atoms with Gasteiger partial charge in [-0.2, -0.15) is 0 Å². The molecule has 4 aromatic carbocycles. The van der Waals surface area contributed by atoms with E-state index in [-0.39, 0.29) is 5.92 Å². The number of benzene rings is 4. The lowest BCUT2D eigenvalue weighted by molar-refractivity contribution is 0.237. The first-order valence-electron chi connectivity index (χ1n) is 26.0. The number of rotatable bonds is 14. The molecule has 4 aliphatic rings. The lowest BCUT2D eigenvalue weighted by atomic mass is 9.86. The van der Waals surface area contributed by atoms with Crippen LogP contribution in [0.25, 0.3) is 33.1 Å². The van der Waals surface area contributed by atoms with Gasteiger partial charge in [-0.1, -0.05) is 118 Å². The maximum Gasteiger partial charge on any atom is 0.188 e. The predicted molar refractivity (Wildman–Crippen MR) is 304 cm³/mol. The number of piperidine rings is 1. The first kappa shape index (κ1) is 49.5. The van der Waals surface area contributed by atoms with Gasteiger partial charge in [0.05, 0.1) is 15.9 Å². The molecule has 0 bridgehead atoms. The third kappa shape index (κ3) is 11.5. The van der Waals surface area contributed by atoms with Gasteiger partial charge in [0.2, 0.25) is 0 Å². The fourth-order valence-corrected chi connectivity index (χ4v) is 12.0. The van der Waals surface area contributed by atoms with Crippen molar-refractivity contribution in [2.24, 2.45) is 11.8 Å². The molecule has 0 spiro atoms. The Labute approximate surface area is 427 Å². The second-order valence-corrected chi connectivity index (χ2v) is 21.0. The molecule has 1 atom stereocenters. The molecular weight excluding hydrogens is 891 g/mol. The van der Waals surface area contributed by atoms with Gasteiger partial charge in [0.15, 0.2) is 5.13 Å². The summed E-state index contributed by atoms with van der Waals surface area (Å²) < 4.78 is 1.16. The van der Waals surface area contributed by atoms with Crippen molar-refractivity contribution in [2.75, 3.05) is 66.7 Å². The molecule has 4 N–H and O–H groups in total. The summed E-state index contributed by atoms with van der Waals surface area (Å²) in [5, 5.41) is 19.8. The number of hydrogen-bond acceptors (Lipinski definition) is 10. The number of piperazine rings is 1. The van der Waals surface area contributed by atoms with E-state index in [1.807, 2.05) is 31.3 Å². The van der Waals surface area contributed by atoms with Crippen molar-refractivity contribution in [3.8, 4) is 11.1 Å². The Morgan fingerprint density at radius 3 is 2.41 bits per heavy atom. The van der Waals surface area contributed by atoms with Crippen molar-refractivity contribution in [3.05, 3.63) is 168 Å². The van der Waals surface area contributed by atoms with E-state index >= 15 is 0 Å². The molecule has 3 fully saturated rings. The van der Waals surface area contributed by atoms with Gasteiger partial charge in [-0.25, -0.2) is 9.97 Å². The van der Waals surface area contributed by atoms with Gasteiger partial charge >= 0.3 is 0 Å². The van der Waals surface area contributed by atoms with E-state index in [2.05, 4.69) is 144 Å². The highest BCUT2D eigenvalue weighted by Gasteiger charge is 2.27. The molecule has 71 heavy (non-hydrogen) atoms. The summed E-state index contributed by atoms with van der Waals surface area (Å²) >= 11 is 1.65. The van der Waals surface area contributed by atoms with E-state index in [0.717, 1.165) is 131 Å². The number of fused-ring (bicyclic) bond motifs is 2. The van der Waals surface area contributed by atoms with Gasteiger partial charge in [0, 0.05) is 103 Å². The van der Waals surface area contributed by atoms with Crippen LogP contribution in [0.2, 0.25) is 0 Å². The van der Waals surface area contributed by atoms with E-state index in [9.17, 15) is 0 Å². The van der Waals surface area contributed by atoms with Crippen LogP contribution in [0.5, 0.6) is 0 Å². The largest absolute Gasteiger partial charge is 0.388 e. The number of hydrogen-bond donors (Lipinski definition) is 4. The Kier molecular flexibility index (Phi) is 15.8. The minimum absolute atomic E-state index is 0.0330. The molecule has 1 unspecified atom stereocenters. The number of anilines is 4. The van der Waals surface area contributed by atoms with Crippen LogP contribution >= 0.6 is 11.3 Å². The van der Waals surface area contributed by atoms with Crippen LogP contribution in [0, 0.1) is 31.1 Å². The number of nitrogens with one attached hydrogen (secondary N) is 4. The van der Waals surface area contributed by atoms with Crippen molar-refractivity contribution < 1.29 is 0 Å². The van der Waals surface area contributed by atoms with E-state index in [1.54, 1.807) is 11.3 Å². The quantitative estimate of drug-likeness (QED) is 0.0802. The van der Waals surface area contributed by atoms with E-state index in [0.29, 0.717) is 5.71 Å². The summed E-state index contributed by atoms with van der Waals surface area (Å²) in [6.45, 7) is 28.3. The first-order valence-corrected chi connectivity index (χ1v) is 26.8. The smallest absolute Gasteiger partial charge is 0.188 e. The maximum atomic E-state index is 8.85. The van der Waals surface area contributed by atoms with Crippen LogP contribution < -0.4 is 25.8 Å². The number of aryl methyl sites for hydroxylation is 1. The van der Waals surface area contributed by atoms with Crippen molar-refractivity contribution in [1.29, 1.82) is 5.41 Å². The molecular formula is C61H73N9S. The van der Waals surface area contributed by atoms with Gasteiger partial charge < -0.3 is 31.2 Å². The monoisotopic (exact) mass is 964 g/mol. The molecule has 9 nitrogen and oxygen atoms in total. The fraction of sp³-hybridized carbons (Fsp3) is 0.361. The fourth-order valence-electron chi connectivity index (χ4n) is 11.1. The second kappa shape index (κ2) is 22.7. The Morgan fingerprint density at radius 1 is 0.831 bits per heavy atom. The van der Waals surface area contributed by atoms with Crippen molar-refractivity contribution >= 4 is 61.4 Å². The molecule has 2 aromatic heterocycles. The molecule has 3 aliphatic heterocycles. The Morgan fingerprint density at radius 2 is 1.63 bits per heavy atom. The predicted octanol–water partition coefficient (Wildman–Crippen LogP) is 13.9. The van der Waals surface area contributed by atoms with Crippen LogP contribution in [-0.4, -0.2) is 66.9 Å². The van der Waals surface area contributed by atoms with Gasteiger partial charge in [-0.3, -0.25) is 4.90 Å². The minimum atomic E-state index is 0.0330. The summed E-state index contributed by atoms with van der Waals surface area (Å²) in [6, 6.07) is 32.0. The van der Waals surface area contributed by atoms with Crippen LogP contribution in [0.1, 0.15) is 96.9 Å². The molecule has 5 heterocycles. The molecule has 10 heteroatoms. The number of para-hydroxylation sites is 1. The molecule has 368 valence electrons. The second-order valence-electron chi connectivity index (χ2n) is 20.0. The molecule has 1 saturated carbocycles. The Balaban J connectivity index is 0.000000178. The van der Waals surface area contributed by atoms with E-state index in [1.165, 1.54) is 85.0 Å². The van der Waals surface area contributed by atoms with E-state index < -0.39 is 0 Å². The number of allylic oxidation sites excluding steroid dienone is 2. The summed E-state index contributed by atoms with van der Waals surface area (Å²) in [5.41, 5.74) is 17.2. The van der Waals surface area contributed by atoms with Crippen LogP contribution in [0.4, 0.5) is 22.3 Å². The number of aromatic nitrogens is 2. The van der Waals surface area contributed by atoms with Crippen LogP contribution in [-0.2, 0) is 13.0 Å². The van der Waals surface area contributed by atoms with Crippen LogP contribution in [0.15, 0.2) is 129 Å². The summed E-state index contributed by atoms with van der Waals surface area (Å²) in [6.07, 6.45) is 14.7. The van der Waals surface area contributed by atoms with Gasteiger partial charge in [0.1, 0.15) is 5.82 Å². The topological polar surface area (TPSA) is 95.4 Å². The normalized spacial score (nSPS) is 17.5. The lowest BCUT2D eigenvalue weighted by Gasteiger charge is -2.37. The summed E-state index contributed by atoms with van der Waals surface area (Å²) in [7, 11) is 1.95. The zero-order valence-electron chi connectivity index (χ0n) is 42.4. The lowest BCUT2D eigenvalue weighted by Crippen LogP contribution is -2.46. The van der Waals surface area contributed by atoms with Crippen molar-refractivity contribution in [3.63, 3.8) is 0 Å². The number of nitrogens with zero attached hydrogens (tertiary/aromatic N) is 5. The maximum absolute atomic E-state index is 8.85. The zero-order valence-corrected chi connectivity index (χ0v) is 43.2. The van der Waals surface area contributed by atoms with Gasteiger partial charge in [0.25, 0.3) is 0 Å². The number of thiazole rings is 1. The standard InChI is InChI=1S/C33H30N4S.C28H43N5/c1-5-29-27(25-12-8-10-21(2)22(25)3)16-17-32(35-29)37-19-18-24-11-9-13-26(28(24)20-37)23(4)34-33-36-30-14-6-7-15-31(30)38-33;1-21-11-13-25(22(2)31-21)28(29)26-14-12-24(20-27(26)30-3)33-18-16-32(17-19-33)15-7-10-23-8-5-4-6-9-23/h5-17H,1,4,18-20H2,2-3H3,(H,34,36);12,14,20,23,25,29-31H,1-2,4-11,13,15-19H2,3H3. The third-order valence-corrected chi connectivity index (χ3v) is 16.4. The minimum Gasteiger partial charge on any atom is -0.388 e. The van der Waals surface area contributed by atoms with Crippen LogP contribution in [0.3, 0.4) is 0 Å². The van der Waals surface area contributed by atoms with Crippen molar-refractivity contribution in [1.82, 2.24) is 20.2 Å². The highest BCUT2D eigenvalue weighted by molar-refractivity contribution is 7.22. The average Bonchev–Trinajstić information content (AvgIpc) is 3.81. The number of pyridine rings is 1. The molecule has 1 aliphatic carbocycles. The molecule has 0 amide bonds. The summed E-state index contributed by atoms with van der Waals surface area (Å²) in [4.78, 5) is 17.3. The Hall–Kier alpha value is -6.49. The highest BCUT2D eigenvalue weighted by Crippen LogP contribution is 2.36. The molecule has 10 rings (SSSR count). The third-order valence-electron chi connectivity index (χ3n) is 15.4. The molecule has 6 aromatic rings. The SMILES string of the molecule is C=C1CCC(C(=N)c2ccc(N3CCN(CCCC4CCCCC4)CC3)cc2NC)C(=C)N1.C=Cc1nc(N2CCc3cccc(C(=C)Nc4nc5ccccc5s4)c3C2)ccc1-c1cccc(C)c1C. The van der Waals surface area contributed by atoms with Gasteiger partial charge in [-0.15, -0.1) is 0 Å². The van der Waals surface area contributed by atoms with Gasteiger partial charge in [-0.05, 0) is 135 Å². The van der Waals surface area contributed by atoms with E-state index in [4.69, 9.17) is 15.4 Å². The first-order chi connectivity index (χ1) is 34.6. The Bertz CT molecular complexity index is 2880. The summed E-state index contributed by atoms with van der Waals surface area (Å²) in [5.74, 6) is 2.00. The molecule has 0 radical (unpaired) electrons. The highest BCUT2D eigenvalue weighted by atomic mass is 32.1.